The molecule has 0 radical (unpaired) electrons. The lowest BCUT2D eigenvalue weighted by Gasteiger charge is -2.39. The minimum absolute atomic E-state index is 0.113. The molecule has 1 atom stereocenters. The highest BCUT2D eigenvalue weighted by Crippen LogP contribution is 2.48. The van der Waals surface area contributed by atoms with Gasteiger partial charge in [0, 0.05) is 47.1 Å². The Kier molecular flexibility index (Phi) is 5.57. The lowest BCUT2D eigenvalue weighted by molar-refractivity contribution is 0.0758. The topological polar surface area (TPSA) is 113 Å². The number of aromatic nitrogens is 4. The van der Waals surface area contributed by atoms with Crippen LogP contribution in [0.5, 0.6) is 0 Å². The maximum atomic E-state index is 13.2. The molecule has 3 aromatic rings. The van der Waals surface area contributed by atoms with Gasteiger partial charge in [0.2, 0.25) is 5.82 Å². The summed E-state index contributed by atoms with van der Waals surface area (Å²) in [6.07, 6.45) is 2.98. The molecule has 9 heteroatoms. The minimum Gasteiger partial charge on any atom is -0.352 e. The number of nitrogens with one attached hydrogen (secondary N) is 2. The van der Waals surface area contributed by atoms with Crippen LogP contribution in [0.25, 0.3) is 10.9 Å². The number of benzene rings is 1. The van der Waals surface area contributed by atoms with Crippen molar-refractivity contribution in [3.63, 3.8) is 0 Å². The fourth-order valence-electron chi connectivity index (χ4n) is 5.91. The predicted octanol–water partition coefficient (Wildman–Crippen LogP) is 3.88. The smallest absolute Gasteiger partial charge is 0.293 e. The molecule has 2 aliphatic rings. The molecule has 2 amide bonds. The number of carbonyl (C=O) groups excluding carboxylic acids is 3. The average molecular weight is 491 g/mol. The van der Waals surface area contributed by atoms with E-state index >= 15 is 0 Å². The molecule has 1 unspecified atom stereocenters. The molecule has 2 aromatic heterocycles. The summed E-state index contributed by atoms with van der Waals surface area (Å²) in [5.74, 6) is -0.115. The molecule has 1 aliphatic heterocycles. The van der Waals surface area contributed by atoms with E-state index in [1.807, 2.05) is 39.8 Å². The Morgan fingerprint density at radius 1 is 1.17 bits per heavy atom. The maximum absolute atomic E-state index is 13.2. The Morgan fingerprint density at radius 3 is 2.61 bits per heavy atom. The summed E-state index contributed by atoms with van der Waals surface area (Å²) in [7, 11) is 0. The zero-order valence-corrected chi connectivity index (χ0v) is 21.8. The Labute approximate surface area is 210 Å². The fourth-order valence-corrected chi connectivity index (χ4v) is 5.91. The number of hydrogen-bond donors (Lipinski definition) is 2. The van der Waals surface area contributed by atoms with Gasteiger partial charge in [0.15, 0.2) is 5.78 Å². The number of aromatic amines is 1. The second-order valence-electron chi connectivity index (χ2n) is 11.8. The SMILES string of the molecule is CC(C)n1cnc(C(=O)N2CCC(NC(=O)c3ccc4[nH]c5c(c4c3)C(C)(C)CC(C)(C)C5=O)C2)n1. The molecule has 190 valence electrons. The van der Waals surface area contributed by atoms with Crippen LogP contribution < -0.4 is 5.32 Å². The van der Waals surface area contributed by atoms with E-state index in [2.05, 4.69) is 34.2 Å². The van der Waals surface area contributed by atoms with Gasteiger partial charge in [-0.2, -0.15) is 0 Å². The third kappa shape index (κ3) is 4.00. The normalized spacial score (nSPS) is 20.7. The third-order valence-corrected chi connectivity index (χ3v) is 7.50. The zero-order valence-electron chi connectivity index (χ0n) is 21.8. The second kappa shape index (κ2) is 8.28. The first kappa shape index (κ1) is 24.2. The number of amides is 2. The second-order valence-corrected chi connectivity index (χ2v) is 11.8. The monoisotopic (exact) mass is 490 g/mol. The maximum Gasteiger partial charge on any atom is 0.293 e. The van der Waals surface area contributed by atoms with Gasteiger partial charge in [-0.1, -0.05) is 27.7 Å². The van der Waals surface area contributed by atoms with E-state index in [9.17, 15) is 14.4 Å². The standard InChI is InChI=1S/C27H34N6O3/c1-15(2)33-14-28-23(31-33)25(36)32-10-9-17(12-32)29-24(35)16-7-8-19-18(11-16)20-21(30-19)22(34)27(5,6)13-26(20,3)4/h7-8,11,14-15,17,30H,9-10,12-13H2,1-6H3,(H,29,35). The molecule has 3 heterocycles. The van der Waals surface area contributed by atoms with Gasteiger partial charge < -0.3 is 15.2 Å². The van der Waals surface area contributed by atoms with Gasteiger partial charge >= 0.3 is 0 Å². The van der Waals surface area contributed by atoms with Gasteiger partial charge in [0.1, 0.15) is 6.33 Å². The number of nitrogens with zero attached hydrogens (tertiary/aromatic N) is 4. The number of likely N-dealkylation sites (tertiary alicyclic amines) is 1. The first-order valence-electron chi connectivity index (χ1n) is 12.6. The molecular formula is C27H34N6O3. The Bertz CT molecular complexity index is 1380. The molecule has 5 rings (SSSR count). The zero-order chi connectivity index (χ0) is 26.0. The van der Waals surface area contributed by atoms with Gasteiger partial charge in [-0.05, 0) is 55.9 Å². The highest BCUT2D eigenvalue weighted by molar-refractivity contribution is 6.08. The third-order valence-electron chi connectivity index (χ3n) is 7.50. The van der Waals surface area contributed by atoms with E-state index < -0.39 is 5.41 Å². The molecule has 1 aliphatic carbocycles. The summed E-state index contributed by atoms with van der Waals surface area (Å²) in [5, 5.41) is 8.27. The molecule has 2 N–H and O–H groups in total. The van der Waals surface area contributed by atoms with Crippen molar-refractivity contribution in [1.29, 1.82) is 0 Å². The van der Waals surface area contributed by atoms with Gasteiger partial charge in [-0.15, -0.1) is 5.10 Å². The molecule has 0 saturated carbocycles. The first-order chi connectivity index (χ1) is 16.9. The van der Waals surface area contributed by atoms with Crippen molar-refractivity contribution >= 4 is 28.5 Å². The van der Waals surface area contributed by atoms with Crippen molar-refractivity contribution in [1.82, 2.24) is 30.0 Å². The summed E-state index contributed by atoms with van der Waals surface area (Å²) >= 11 is 0. The van der Waals surface area contributed by atoms with E-state index in [0.29, 0.717) is 30.8 Å². The molecular weight excluding hydrogens is 456 g/mol. The van der Waals surface area contributed by atoms with Crippen LogP contribution in [0.2, 0.25) is 0 Å². The van der Waals surface area contributed by atoms with Crippen molar-refractivity contribution in [2.75, 3.05) is 13.1 Å². The fraction of sp³-hybridized carbons (Fsp3) is 0.519. The minimum atomic E-state index is -0.439. The number of ketones is 1. The van der Waals surface area contributed by atoms with E-state index in [0.717, 1.165) is 22.9 Å². The van der Waals surface area contributed by atoms with Crippen LogP contribution in [-0.4, -0.2) is 61.4 Å². The Morgan fingerprint density at radius 2 is 1.92 bits per heavy atom. The van der Waals surface area contributed by atoms with E-state index in [4.69, 9.17) is 0 Å². The predicted molar refractivity (Wildman–Crippen MR) is 136 cm³/mol. The summed E-state index contributed by atoms with van der Waals surface area (Å²) < 4.78 is 1.66. The van der Waals surface area contributed by atoms with E-state index in [1.54, 1.807) is 22.0 Å². The average Bonchev–Trinajstić information content (AvgIpc) is 3.54. The van der Waals surface area contributed by atoms with Gasteiger partial charge in [-0.25, -0.2) is 9.67 Å². The Balaban J connectivity index is 1.33. The molecule has 36 heavy (non-hydrogen) atoms. The van der Waals surface area contributed by atoms with Gasteiger partial charge in [0.05, 0.1) is 5.69 Å². The van der Waals surface area contributed by atoms with Crippen LogP contribution >= 0.6 is 0 Å². The van der Waals surface area contributed by atoms with E-state index in [1.165, 1.54) is 0 Å². The number of hydrogen-bond acceptors (Lipinski definition) is 5. The Hall–Kier alpha value is -3.49. The molecule has 0 spiro atoms. The highest BCUT2D eigenvalue weighted by Gasteiger charge is 2.45. The number of rotatable bonds is 4. The van der Waals surface area contributed by atoms with Gasteiger partial charge in [0.25, 0.3) is 11.8 Å². The van der Waals surface area contributed by atoms with Crippen LogP contribution in [-0.2, 0) is 5.41 Å². The van der Waals surface area contributed by atoms with Crippen molar-refractivity contribution < 1.29 is 14.4 Å². The van der Waals surface area contributed by atoms with E-state index in [-0.39, 0.29) is 40.9 Å². The lowest BCUT2D eigenvalue weighted by atomic mass is 9.63. The molecule has 0 bridgehead atoms. The van der Waals surface area contributed by atoms with Crippen LogP contribution in [0.4, 0.5) is 0 Å². The molecule has 1 aromatic carbocycles. The van der Waals surface area contributed by atoms with Crippen molar-refractivity contribution in [2.45, 2.75) is 71.9 Å². The number of fused-ring (bicyclic) bond motifs is 3. The van der Waals surface area contributed by atoms with Gasteiger partial charge in [-0.3, -0.25) is 14.4 Å². The number of carbonyl (C=O) groups is 3. The van der Waals surface area contributed by atoms with Crippen molar-refractivity contribution in [3.05, 3.63) is 47.2 Å². The summed E-state index contributed by atoms with van der Waals surface area (Å²) in [6.45, 7) is 13.2. The lowest BCUT2D eigenvalue weighted by Crippen LogP contribution is -2.39. The quantitative estimate of drug-likeness (QED) is 0.576. The van der Waals surface area contributed by atoms with Crippen LogP contribution in [0, 0.1) is 5.41 Å². The summed E-state index contributed by atoms with van der Waals surface area (Å²) in [5.41, 5.74) is 2.40. The van der Waals surface area contributed by atoms with Crippen molar-refractivity contribution in [2.24, 2.45) is 5.41 Å². The molecule has 9 nitrogen and oxygen atoms in total. The van der Waals surface area contributed by atoms with Crippen LogP contribution in [0.1, 0.15) is 97.5 Å². The number of H-pyrrole nitrogens is 1. The highest BCUT2D eigenvalue weighted by atomic mass is 16.2. The van der Waals surface area contributed by atoms with Crippen LogP contribution in [0.15, 0.2) is 24.5 Å². The number of Topliss-reactive ketones (excluding diaryl/α,β-unsaturated/α-hetero) is 1. The summed E-state index contributed by atoms with van der Waals surface area (Å²) in [4.78, 5) is 48.3. The molecule has 1 fully saturated rings. The molecule has 1 saturated heterocycles. The largest absolute Gasteiger partial charge is 0.352 e. The van der Waals surface area contributed by atoms with Crippen LogP contribution in [0.3, 0.4) is 0 Å². The van der Waals surface area contributed by atoms with Crippen molar-refractivity contribution in [3.8, 4) is 0 Å². The summed E-state index contributed by atoms with van der Waals surface area (Å²) in [6, 6.07) is 5.52. The first-order valence-corrected chi connectivity index (χ1v) is 12.6.